The molecule has 46 heavy (non-hydrogen) atoms. The van der Waals surface area contributed by atoms with Crippen molar-refractivity contribution in [2.45, 2.75) is 38.5 Å². The third kappa shape index (κ3) is 3.57. The Morgan fingerprint density at radius 2 is 1.22 bits per heavy atom. The van der Waals surface area contributed by atoms with Gasteiger partial charge in [-0.15, -0.1) is 0 Å². The highest BCUT2D eigenvalue weighted by Crippen LogP contribution is 2.60. The minimum atomic E-state index is -0.220. The van der Waals surface area contributed by atoms with Crippen molar-refractivity contribution in [2.24, 2.45) is 0 Å². The van der Waals surface area contributed by atoms with Crippen LogP contribution in [0.2, 0.25) is 0 Å². The smallest absolute Gasteiger partial charge is 0.200 e. The van der Waals surface area contributed by atoms with Gasteiger partial charge in [0.05, 0.1) is 22.1 Å². The molecule has 1 aliphatic carbocycles. The van der Waals surface area contributed by atoms with Crippen molar-refractivity contribution in [1.29, 1.82) is 0 Å². The molecule has 0 N–H and O–H groups in total. The number of para-hydroxylation sites is 1. The van der Waals surface area contributed by atoms with Gasteiger partial charge in [0.15, 0.2) is 0 Å². The molecule has 0 spiro atoms. The lowest BCUT2D eigenvalue weighted by molar-refractivity contribution is 0.617. The van der Waals surface area contributed by atoms with Crippen LogP contribution in [0.1, 0.15) is 49.9 Å². The number of hydrogen-bond acceptors (Lipinski definition) is 3. The molecule has 0 fully saturated rings. The summed E-state index contributed by atoms with van der Waals surface area (Å²) in [7, 11) is 0. The number of nitrogens with zero attached hydrogens (tertiary/aromatic N) is 1. The standard InChI is InChI=1S/C43H33NO2/c1-42(2)34-16-10-11-17-36(34)44(40-35(42)21-20-30-29-14-8-9-15-33(29)43(3,4)39(30)40)28-19-23-38-32(25-28)41(45)31-24-27(18-22-37(31)46-38)26-12-6-5-7-13-26/h5-25H,1-4H3. The van der Waals surface area contributed by atoms with Crippen molar-refractivity contribution in [1.82, 2.24) is 0 Å². The molecule has 0 amide bonds. The monoisotopic (exact) mass is 595 g/mol. The number of anilines is 3. The summed E-state index contributed by atoms with van der Waals surface area (Å²) in [6.45, 7) is 9.34. The zero-order valence-corrected chi connectivity index (χ0v) is 26.4. The molecule has 2 heterocycles. The van der Waals surface area contributed by atoms with Crippen LogP contribution in [0.3, 0.4) is 0 Å². The van der Waals surface area contributed by atoms with Crippen LogP contribution in [-0.4, -0.2) is 0 Å². The van der Waals surface area contributed by atoms with Crippen molar-refractivity contribution in [3.05, 3.63) is 160 Å². The Kier molecular flexibility index (Phi) is 5.45. The van der Waals surface area contributed by atoms with Gasteiger partial charge >= 0.3 is 0 Å². The molecule has 0 unspecified atom stereocenters. The Morgan fingerprint density at radius 3 is 2.02 bits per heavy atom. The lowest BCUT2D eigenvalue weighted by Gasteiger charge is -2.44. The fourth-order valence-electron chi connectivity index (χ4n) is 8.11. The van der Waals surface area contributed by atoms with E-state index in [2.05, 4.69) is 111 Å². The largest absolute Gasteiger partial charge is 0.456 e. The highest BCUT2D eigenvalue weighted by Gasteiger charge is 2.45. The van der Waals surface area contributed by atoms with Crippen molar-refractivity contribution in [3.63, 3.8) is 0 Å². The molecule has 1 aliphatic heterocycles. The fourth-order valence-corrected chi connectivity index (χ4v) is 8.11. The van der Waals surface area contributed by atoms with Crippen LogP contribution < -0.4 is 10.3 Å². The minimum absolute atomic E-state index is 0.0206. The van der Waals surface area contributed by atoms with E-state index in [0.717, 1.165) is 22.5 Å². The second-order valence-corrected chi connectivity index (χ2v) is 13.7. The van der Waals surface area contributed by atoms with Crippen molar-refractivity contribution >= 4 is 39.0 Å². The first-order valence-corrected chi connectivity index (χ1v) is 16.0. The highest BCUT2D eigenvalue weighted by atomic mass is 16.3. The molecule has 7 aromatic rings. The van der Waals surface area contributed by atoms with Gasteiger partial charge in [0.2, 0.25) is 5.43 Å². The maximum absolute atomic E-state index is 14.3. The SMILES string of the molecule is CC1(C)c2ccccc2N(c2ccc3oc4ccc(-c5ccccc5)cc4c(=O)c3c2)c2c1ccc1c2C(C)(C)c2ccccc2-1. The summed E-state index contributed by atoms with van der Waals surface area (Å²) in [6.07, 6.45) is 0. The van der Waals surface area contributed by atoms with Gasteiger partial charge in [-0.2, -0.15) is 0 Å². The average molecular weight is 596 g/mol. The lowest BCUT2D eigenvalue weighted by atomic mass is 9.70. The first kappa shape index (κ1) is 26.9. The Labute approximate surface area is 268 Å². The maximum Gasteiger partial charge on any atom is 0.200 e. The molecule has 1 aromatic heterocycles. The fraction of sp³-hybridized carbons (Fsp3) is 0.140. The van der Waals surface area contributed by atoms with Crippen LogP contribution >= 0.6 is 0 Å². The van der Waals surface area contributed by atoms with Crippen LogP contribution in [-0.2, 0) is 10.8 Å². The van der Waals surface area contributed by atoms with Crippen LogP contribution in [0.5, 0.6) is 0 Å². The quantitative estimate of drug-likeness (QED) is 0.186. The summed E-state index contributed by atoms with van der Waals surface area (Å²) in [4.78, 5) is 16.7. The average Bonchev–Trinajstić information content (AvgIpc) is 3.32. The lowest BCUT2D eigenvalue weighted by Crippen LogP contribution is -2.33. The Balaban J connectivity index is 1.32. The molecule has 0 saturated carbocycles. The molecular weight excluding hydrogens is 562 g/mol. The van der Waals surface area contributed by atoms with Crippen LogP contribution in [0.25, 0.3) is 44.2 Å². The molecule has 0 saturated heterocycles. The zero-order chi connectivity index (χ0) is 31.4. The van der Waals surface area contributed by atoms with Gasteiger partial charge in [0.1, 0.15) is 11.2 Å². The van der Waals surface area contributed by atoms with Crippen molar-refractivity contribution < 1.29 is 4.42 Å². The van der Waals surface area contributed by atoms with Gasteiger partial charge in [-0.25, -0.2) is 0 Å². The number of fused-ring (bicyclic) bond motifs is 8. The topological polar surface area (TPSA) is 33.5 Å². The normalized spacial score (nSPS) is 15.3. The molecule has 2 aliphatic rings. The van der Waals surface area contributed by atoms with E-state index in [1.54, 1.807) is 0 Å². The van der Waals surface area contributed by atoms with Crippen LogP contribution in [0.15, 0.2) is 137 Å². The third-order valence-corrected chi connectivity index (χ3v) is 10.4. The predicted octanol–water partition coefficient (Wildman–Crippen LogP) is 11.0. The molecule has 3 heteroatoms. The predicted molar refractivity (Wildman–Crippen MR) is 190 cm³/mol. The molecular formula is C43H33NO2. The van der Waals surface area contributed by atoms with Crippen molar-refractivity contribution in [2.75, 3.05) is 4.90 Å². The molecule has 6 aromatic carbocycles. The van der Waals surface area contributed by atoms with Crippen LogP contribution in [0, 0.1) is 0 Å². The first-order valence-electron chi connectivity index (χ1n) is 16.0. The van der Waals surface area contributed by atoms with E-state index >= 15 is 0 Å². The van der Waals surface area contributed by atoms with Gasteiger partial charge < -0.3 is 9.32 Å². The molecule has 9 rings (SSSR count). The number of hydrogen-bond donors (Lipinski definition) is 0. The first-order chi connectivity index (χ1) is 22.2. The van der Waals surface area contributed by atoms with E-state index in [-0.39, 0.29) is 16.3 Å². The van der Waals surface area contributed by atoms with Gasteiger partial charge in [0.25, 0.3) is 0 Å². The number of rotatable bonds is 2. The summed E-state index contributed by atoms with van der Waals surface area (Å²) in [5.41, 5.74) is 13.9. The Morgan fingerprint density at radius 1 is 0.543 bits per heavy atom. The van der Waals surface area contributed by atoms with Gasteiger partial charge in [0, 0.05) is 16.5 Å². The number of benzene rings is 6. The van der Waals surface area contributed by atoms with Gasteiger partial charge in [-0.05, 0) is 80.9 Å². The van der Waals surface area contributed by atoms with Crippen LogP contribution in [0.4, 0.5) is 17.1 Å². The summed E-state index contributed by atoms with van der Waals surface area (Å²) < 4.78 is 6.36. The molecule has 0 atom stereocenters. The second-order valence-electron chi connectivity index (χ2n) is 13.7. The highest BCUT2D eigenvalue weighted by molar-refractivity contribution is 5.98. The summed E-state index contributed by atoms with van der Waals surface area (Å²) >= 11 is 0. The van der Waals surface area contributed by atoms with E-state index in [0.29, 0.717) is 21.9 Å². The zero-order valence-electron chi connectivity index (χ0n) is 26.4. The summed E-state index contributed by atoms with van der Waals surface area (Å²) in [6, 6.07) is 44.3. The van der Waals surface area contributed by atoms with E-state index in [4.69, 9.17) is 4.42 Å². The second kappa shape index (κ2) is 9.31. The van der Waals surface area contributed by atoms with Gasteiger partial charge in [-0.3, -0.25) is 4.79 Å². The van der Waals surface area contributed by atoms with E-state index in [9.17, 15) is 4.79 Å². The molecule has 0 bridgehead atoms. The van der Waals surface area contributed by atoms with E-state index < -0.39 is 0 Å². The molecule has 0 radical (unpaired) electrons. The van der Waals surface area contributed by atoms with Crippen molar-refractivity contribution in [3.8, 4) is 22.3 Å². The van der Waals surface area contributed by atoms with E-state index in [1.165, 1.54) is 39.1 Å². The van der Waals surface area contributed by atoms with E-state index in [1.807, 2.05) is 48.5 Å². The Bertz CT molecular complexity index is 2450. The summed E-state index contributed by atoms with van der Waals surface area (Å²) in [5.74, 6) is 0. The minimum Gasteiger partial charge on any atom is -0.456 e. The molecule has 3 nitrogen and oxygen atoms in total. The maximum atomic E-state index is 14.3. The molecule has 222 valence electrons. The third-order valence-electron chi connectivity index (χ3n) is 10.4. The van der Waals surface area contributed by atoms with Gasteiger partial charge in [-0.1, -0.05) is 119 Å². The summed E-state index contributed by atoms with van der Waals surface area (Å²) in [5, 5.41) is 1.17. The Hall–Kier alpha value is -5.41.